The number of aryl methyl sites for hydroxylation is 3. The van der Waals surface area contributed by atoms with Gasteiger partial charge in [-0.3, -0.25) is 9.36 Å². The Bertz CT molecular complexity index is 1140. The molecule has 3 heterocycles. The molecule has 0 radical (unpaired) electrons. The van der Waals surface area contributed by atoms with E-state index in [1.165, 1.54) is 4.68 Å². The van der Waals surface area contributed by atoms with Crippen LogP contribution in [0, 0.1) is 6.92 Å². The van der Waals surface area contributed by atoms with E-state index in [1.807, 2.05) is 25.1 Å². The van der Waals surface area contributed by atoms with Gasteiger partial charge in [-0.15, -0.1) is 5.10 Å². The fourth-order valence-corrected chi connectivity index (χ4v) is 3.99. The summed E-state index contributed by atoms with van der Waals surface area (Å²) < 4.78 is 4.99. The molecule has 1 N–H and O–H groups in total. The Morgan fingerprint density at radius 1 is 1.19 bits per heavy atom. The normalized spacial score (nSPS) is 13.4. The van der Waals surface area contributed by atoms with Crippen LogP contribution in [0.3, 0.4) is 0 Å². The Labute approximate surface area is 181 Å². The average molecular weight is 424 g/mol. The molecule has 0 spiro atoms. The van der Waals surface area contributed by atoms with Crippen LogP contribution in [0.15, 0.2) is 29.1 Å². The predicted molar refractivity (Wildman–Crippen MR) is 117 cm³/mol. The van der Waals surface area contributed by atoms with Gasteiger partial charge < -0.3 is 5.32 Å². The number of carbonyl (C=O) groups is 1. The van der Waals surface area contributed by atoms with Crippen molar-refractivity contribution in [1.82, 2.24) is 34.4 Å². The van der Waals surface area contributed by atoms with E-state index in [-0.39, 0.29) is 17.4 Å². The number of nitrogens with one attached hydrogen (secondary N) is 1. The smallest absolute Gasteiger partial charge is 0.345 e. The molecule has 1 aliphatic heterocycles. The molecule has 0 unspecified atom stereocenters. The van der Waals surface area contributed by atoms with Crippen LogP contribution < -0.4 is 11.0 Å². The maximum atomic E-state index is 12.6. The largest absolute Gasteiger partial charge is 0.349 e. The molecule has 0 atom stereocenters. The van der Waals surface area contributed by atoms with Crippen LogP contribution in [0.2, 0.25) is 0 Å². The minimum Gasteiger partial charge on any atom is -0.349 e. The molecule has 1 aromatic carbocycles. The van der Waals surface area contributed by atoms with Crippen molar-refractivity contribution in [3.8, 4) is 5.69 Å². The van der Waals surface area contributed by atoms with Crippen LogP contribution in [0.1, 0.15) is 66.9 Å². The summed E-state index contributed by atoms with van der Waals surface area (Å²) in [4.78, 5) is 29.3. The van der Waals surface area contributed by atoms with Crippen molar-refractivity contribution in [1.29, 1.82) is 0 Å². The van der Waals surface area contributed by atoms with Crippen molar-refractivity contribution in [3.63, 3.8) is 0 Å². The fourth-order valence-electron chi connectivity index (χ4n) is 3.99. The molecule has 9 nitrogen and oxygen atoms in total. The van der Waals surface area contributed by atoms with E-state index in [0.29, 0.717) is 31.3 Å². The van der Waals surface area contributed by atoms with Gasteiger partial charge in [0, 0.05) is 26.1 Å². The second-order valence-electron chi connectivity index (χ2n) is 8.25. The first kappa shape index (κ1) is 21.0. The van der Waals surface area contributed by atoms with Crippen molar-refractivity contribution in [2.45, 2.75) is 65.5 Å². The molecule has 3 aromatic rings. The molecule has 0 saturated heterocycles. The zero-order valence-corrected chi connectivity index (χ0v) is 18.3. The molecule has 0 bridgehead atoms. The summed E-state index contributed by atoms with van der Waals surface area (Å²) in [6.07, 6.45) is 3.56. The zero-order chi connectivity index (χ0) is 22.0. The van der Waals surface area contributed by atoms with Gasteiger partial charge in [0.1, 0.15) is 11.6 Å². The molecule has 0 fully saturated rings. The van der Waals surface area contributed by atoms with E-state index in [2.05, 4.69) is 40.4 Å². The number of para-hydroxylation sites is 1. The number of nitrogens with zero attached hydrogens (tertiary/aromatic N) is 6. The monoisotopic (exact) mass is 423 g/mol. The quantitative estimate of drug-likeness (QED) is 0.588. The van der Waals surface area contributed by atoms with E-state index < -0.39 is 0 Å². The highest BCUT2D eigenvalue weighted by molar-refractivity contribution is 5.90. The van der Waals surface area contributed by atoms with Gasteiger partial charge in [-0.05, 0) is 43.7 Å². The van der Waals surface area contributed by atoms with Gasteiger partial charge in [0.25, 0.3) is 5.91 Å². The molecule has 2 aromatic heterocycles. The molecule has 1 amide bonds. The maximum absolute atomic E-state index is 12.6. The molecule has 164 valence electrons. The van der Waals surface area contributed by atoms with Crippen molar-refractivity contribution in [2.75, 3.05) is 6.54 Å². The number of hydrogen-bond acceptors (Lipinski definition) is 5. The Hall–Kier alpha value is -3.23. The number of fused-ring (bicyclic) bond motifs is 1. The van der Waals surface area contributed by atoms with E-state index in [9.17, 15) is 9.59 Å². The number of aromatic nitrogens is 6. The summed E-state index contributed by atoms with van der Waals surface area (Å²) in [5.74, 6) is 1.68. The van der Waals surface area contributed by atoms with Gasteiger partial charge >= 0.3 is 5.69 Å². The highest BCUT2D eigenvalue weighted by Gasteiger charge is 2.18. The van der Waals surface area contributed by atoms with Gasteiger partial charge in [-0.2, -0.15) is 5.10 Å². The first-order chi connectivity index (χ1) is 15.0. The van der Waals surface area contributed by atoms with Crippen molar-refractivity contribution < 1.29 is 4.79 Å². The highest BCUT2D eigenvalue weighted by atomic mass is 16.2. The van der Waals surface area contributed by atoms with E-state index in [1.54, 1.807) is 9.25 Å². The number of carbonyl (C=O) groups excluding carboxylic acids is 1. The zero-order valence-electron chi connectivity index (χ0n) is 18.3. The lowest BCUT2D eigenvalue weighted by Crippen LogP contribution is -2.29. The molecule has 0 aliphatic carbocycles. The fraction of sp³-hybridized carbons (Fsp3) is 0.500. The van der Waals surface area contributed by atoms with Crippen LogP contribution in [-0.4, -0.2) is 41.6 Å². The van der Waals surface area contributed by atoms with Crippen LogP contribution in [0.4, 0.5) is 0 Å². The topological polar surface area (TPSA) is 99.6 Å². The molecule has 9 heteroatoms. The summed E-state index contributed by atoms with van der Waals surface area (Å²) in [7, 11) is 0. The summed E-state index contributed by atoms with van der Waals surface area (Å²) in [5, 5.41) is 11.7. The van der Waals surface area contributed by atoms with E-state index >= 15 is 0 Å². The summed E-state index contributed by atoms with van der Waals surface area (Å²) in [6.45, 7) is 7.73. The standard InChI is InChI=1S/C22H29N7O2/c1-15(2)17-9-4-5-10-18(17)29-16(3)24-20(26-29)21(30)23-12-8-14-28-22(31)27-13-7-6-11-19(27)25-28/h4-5,9-10,15H,6-8,11-14H2,1-3H3,(H,23,30). The number of amides is 1. The predicted octanol–water partition coefficient (Wildman–Crippen LogP) is 2.21. The third kappa shape index (κ3) is 4.30. The highest BCUT2D eigenvalue weighted by Crippen LogP contribution is 2.23. The van der Waals surface area contributed by atoms with Gasteiger partial charge in [0.05, 0.1) is 5.69 Å². The second-order valence-corrected chi connectivity index (χ2v) is 8.25. The lowest BCUT2D eigenvalue weighted by molar-refractivity contribution is 0.0942. The third-order valence-corrected chi connectivity index (χ3v) is 5.62. The SMILES string of the molecule is Cc1nc(C(=O)NCCCn2nc3n(c2=O)CCCC3)nn1-c1ccccc1C(C)C. The first-order valence-electron chi connectivity index (χ1n) is 10.9. The number of benzene rings is 1. The summed E-state index contributed by atoms with van der Waals surface area (Å²) >= 11 is 0. The molecule has 31 heavy (non-hydrogen) atoms. The van der Waals surface area contributed by atoms with Gasteiger partial charge in [0.15, 0.2) is 0 Å². The van der Waals surface area contributed by atoms with Crippen molar-refractivity contribution in [2.24, 2.45) is 0 Å². The van der Waals surface area contributed by atoms with Crippen LogP contribution in [-0.2, 0) is 19.5 Å². The molecule has 0 saturated carbocycles. The van der Waals surface area contributed by atoms with Crippen molar-refractivity contribution >= 4 is 5.91 Å². The first-order valence-corrected chi connectivity index (χ1v) is 10.9. The maximum Gasteiger partial charge on any atom is 0.345 e. The second kappa shape index (κ2) is 8.87. The Morgan fingerprint density at radius 3 is 2.77 bits per heavy atom. The molecule has 4 rings (SSSR count). The van der Waals surface area contributed by atoms with E-state index in [4.69, 9.17) is 0 Å². The molecular weight excluding hydrogens is 394 g/mol. The number of rotatable bonds is 7. The minimum atomic E-state index is -0.319. The Kier molecular flexibility index (Phi) is 6.01. The van der Waals surface area contributed by atoms with Crippen molar-refractivity contribution in [3.05, 3.63) is 57.8 Å². The minimum absolute atomic E-state index is 0.0547. The molecular formula is C22H29N7O2. The average Bonchev–Trinajstić information content (AvgIpc) is 3.31. The summed E-state index contributed by atoms with van der Waals surface area (Å²) in [5.41, 5.74) is 2.03. The van der Waals surface area contributed by atoms with Gasteiger partial charge in [-0.1, -0.05) is 32.0 Å². The lowest BCUT2D eigenvalue weighted by Gasteiger charge is -2.12. The third-order valence-electron chi connectivity index (χ3n) is 5.62. The number of hydrogen-bond donors (Lipinski definition) is 1. The van der Waals surface area contributed by atoms with Crippen LogP contribution in [0.25, 0.3) is 5.69 Å². The van der Waals surface area contributed by atoms with Gasteiger partial charge in [-0.25, -0.2) is 19.1 Å². The van der Waals surface area contributed by atoms with Gasteiger partial charge in [0.2, 0.25) is 5.82 Å². The Morgan fingerprint density at radius 2 is 2.00 bits per heavy atom. The molecule has 1 aliphatic rings. The lowest BCUT2D eigenvalue weighted by atomic mass is 10.0. The van der Waals surface area contributed by atoms with Crippen LogP contribution >= 0.6 is 0 Å². The summed E-state index contributed by atoms with van der Waals surface area (Å²) in [6, 6.07) is 8.01. The Balaban J connectivity index is 1.38. The van der Waals surface area contributed by atoms with Crippen LogP contribution in [0.5, 0.6) is 0 Å². The van der Waals surface area contributed by atoms with E-state index in [0.717, 1.165) is 42.9 Å².